The number of ketones is 1. The summed E-state index contributed by atoms with van der Waals surface area (Å²) in [5, 5.41) is 10.9. The molecule has 28 heavy (non-hydrogen) atoms. The molecule has 0 aromatic heterocycles. The second-order valence-corrected chi connectivity index (χ2v) is 18.5. The molecule has 2 saturated heterocycles. The topological polar surface area (TPSA) is 74.2 Å². The highest BCUT2D eigenvalue weighted by Crippen LogP contribution is 2.47. The quantitative estimate of drug-likeness (QED) is 0.638. The lowest BCUT2D eigenvalue weighted by Crippen LogP contribution is -2.65. The van der Waals surface area contributed by atoms with Crippen molar-refractivity contribution in [2.24, 2.45) is 0 Å². The van der Waals surface area contributed by atoms with Crippen molar-refractivity contribution in [3.63, 3.8) is 0 Å². The first-order chi connectivity index (χ1) is 12.9. The normalized spacial score (nSPS) is 32.6. The molecule has 0 saturated carbocycles. The van der Waals surface area contributed by atoms with Gasteiger partial charge in [-0.1, -0.05) is 55.4 Å². The molecule has 0 aromatic carbocycles. The number of carbonyl (C=O) groups is 1. The summed E-state index contributed by atoms with van der Waals surface area (Å²) in [6.45, 7) is 19.2. The molecule has 2 rings (SSSR count). The number of rotatable bonds is 6. The Hall–Kier alpha value is -0.0962. The van der Waals surface area contributed by atoms with Gasteiger partial charge in [-0.05, 0) is 29.1 Å². The van der Waals surface area contributed by atoms with Crippen LogP contribution in [0, 0.1) is 0 Å². The van der Waals surface area contributed by atoms with E-state index in [0.29, 0.717) is 6.61 Å². The highest BCUT2D eigenvalue weighted by atomic mass is 28.5. The predicted molar refractivity (Wildman–Crippen MR) is 114 cm³/mol. The minimum atomic E-state index is -2.77. The van der Waals surface area contributed by atoms with Gasteiger partial charge in [0.25, 0.3) is 0 Å². The maximum atomic E-state index is 11.6. The fraction of sp³-hybridized carbons (Fsp3) is 0.950. The molecule has 0 radical (unpaired) electrons. The number of Topliss-reactive ketones (excluding diaryl/α,β-unsaturated/α-hetero) is 1. The minimum Gasteiger partial charge on any atom is -0.414 e. The molecule has 4 atom stereocenters. The largest absolute Gasteiger partial charge is 0.414 e. The van der Waals surface area contributed by atoms with Gasteiger partial charge in [0.05, 0.1) is 12.7 Å². The molecular weight excluding hydrogens is 392 g/mol. The zero-order valence-electron chi connectivity index (χ0n) is 19.0. The van der Waals surface area contributed by atoms with Crippen molar-refractivity contribution in [3.8, 4) is 0 Å². The molecule has 0 unspecified atom stereocenters. The molecule has 2 aliphatic heterocycles. The van der Waals surface area contributed by atoms with Crippen LogP contribution in [0.15, 0.2) is 0 Å². The number of aliphatic hydroxyl groups is 1. The van der Waals surface area contributed by atoms with Crippen molar-refractivity contribution in [1.82, 2.24) is 0 Å². The average Bonchev–Trinajstić information content (AvgIpc) is 2.81. The first kappa shape index (κ1) is 24.2. The van der Waals surface area contributed by atoms with Crippen molar-refractivity contribution in [2.45, 2.75) is 115 Å². The van der Waals surface area contributed by atoms with Crippen LogP contribution in [-0.4, -0.2) is 59.0 Å². The standard InChI is InChI=1S/C20H40O6Si2/c1-12(2)27(13(3)4)23-11-18-20(19(22)17(24-18)10-16(9)21)25-28(26-27,14(5)6)15(7)8/h12-15,17-20,22H,10-11H2,1-9H3/t17-,18+,19-,20+/m0/s1. The van der Waals surface area contributed by atoms with Crippen molar-refractivity contribution in [2.75, 3.05) is 6.61 Å². The summed E-state index contributed by atoms with van der Waals surface area (Å²) in [4.78, 5) is 11.6. The van der Waals surface area contributed by atoms with Gasteiger partial charge in [0.1, 0.15) is 24.1 Å². The Morgan fingerprint density at radius 1 is 0.964 bits per heavy atom. The molecule has 0 bridgehead atoms. The van der Waals surface area contributed by atoms with E-state index in [1.54, 1.807) is 0 Å². The summed E-state index contributed by atoms with van der Waals surface area (Å²) in [5.74, 6) is -0.000185. The van der Waals surface area contributed by atoms with Crippen LogP contribution in [0.1, 0.15) is 68.7 Å². The molecule has 0 spiro atoms. The smallest absolute Gasteiger partial charge is 0.335 e. The van der Waals surface area contributed by atoms with Crippen LogP contribution < -0.4 is 0 Å². The fourth-order valence-corrected chi connectivity index (χ4v) is 15.9. The van der Waals surface area contributed by atoms with Crippen molar-refractivity contribution in [3.05, 3.63) is 0 Å². The van der Waals surface area contributed by atoms with Gasteiger partial charge in [0.15, 0.2) is 0 Å². The molecular formula is C20H40O6Si2. The second-order valence-electron chi connectivity index (χ2n) is 9.67. The second kappa shape index (κ2) is 8.95. The molecule has 164 valence electrons. The third kappa shape index (κ3) is 4.33. The third-order valence-electron chi connectivity index (χ3n) is 6.25. The Labute approximate surface area is 172 Å². The van der Waals surface area contributed by atoms with Gasteiger partial charge < -0.3 is 22.8 Å². The van der Waals surface area contributed by atoms with Crippen molar-refractivity contribution >= 4 is 22.9 Å². The molecule has 2 aliphatic rings. The van der Waals surface area contributed by atoms with E-state index in [9.17, 15) is 9.90 Å². The third-order valence-corrected chi connectivity index (χ3v) is 16.5. The van der Waals surface area contributed by atoms with Gasteiger partial charge in [-0.3, -0.25) is 4.79 Å². The maximum absolute atomic E-state index is 11.6. The Morgan fingerprint density at radius 2 is 1.46 bits per heavy atom. The SMILES string of the molecule is CC(=O)C[C@@H]1O[C@@H]2CO[Si](C(C)C)(C(C)C)O[Si](C(C)C)(C(C)C)O[C@H]2[C@H]1O. The molecule has 0 aromatic rings. The van der Waals surface area contributed by atoms with E-state index in [-0.39, 0.29) is 40.5 Å². The highest BCUT2D eigenvalue weighted by Gasteiger charge is 2.61. The van der Waals surface area contributed by atoms with Crippen molar-refractivity contribution < 1.29 is 27.6 Å². The van der Waals surface area contributed by atoms with Crippen LogP contribution in [0.4, 0.5) is 0 Å². The molecule has 0 aliphatic carbocycles. The lowest BCUT2D eigenvalue weighted by molar-refractivity contribution is -0.121. The highest BCUT2D eigenvalue weighted by molar-refractivity contribution is 6.83. The molecule has 0 amide bonds. The van der Waals surface area contributed by atoms with Crippen LogP contribution in [0.5, 0.6) is 0 Å². The van der Waals surface area contributed by atoms with E-state index in [4.69, 9.17) is 17.7 Å². The summed E-state index contributed by atoms with van der Waals surface area (Å²) in [6.07, 6.45) is -2.11. The summed E-state index contributed by atoms with van der Waals surface area (Å²) in [6, 6.07) is 0. The van der Waals surface area contributed by atoms with E-state index in [1.807, 2.05) is 0 Å². The lowest BCUT2D eigenvalue weighted by atomic mass is 10.0. The molecule has 6 nitrogen and oxygen atoms in total. The summed E-state index contributed by atoms with van der Waals surface area (Å²) < 4.78 is 26.6. The Bertz CT molecular complexity index is 535. The van der Waals surface area contributed by atoms with Crippen LogP contribution in [-0.2, 0) is 22.5 Å². The minimum absolute atomic E-state index is 0.000185. The molecule has 1 N–H and O–H groups in total. The molecule has 2 heterocycles. The summed E-state index contributed by atoms with van der Waals surface area (Å²) in [7, 11) is -5.38. The van der Waals surface area contributed by atoms with E-state index in [1.165, 1.54) is 6.92 Å². The number of carbonyl (C=O) groups excluding carboxylic acids is 1. The van der Waals surface area contributed by atoms with Crippen LogP contribution in [0.2, 0.25) is 22.2 Å². The van der Waals surface area contributed by atoms with Gasteiger partial charge in [0, 0.05) is 6.42 Å². The summed E-state index contributed by atoms with van der Waals surface area (Å²) in [5.41, 5.74) is 0.907. The zero-order valence-corrected chi connectivity index (χ0v) is 21.0. The van der Waals surface area contributed by atoms with Crippen LogP contribution in [0.3, 0.4) is 0 Å². The number of ether oxygens (including phenoxy) is 1. The lowest BCUT2D eigenvalue weighted by Gasteiger charge is -2.51. The monoisotopic (exact) mass is 432 g/mol. The molecule has 8 heteroatoms. The first-order valence-corrected chi connectivity index (χ1v) is 14.7. The Balaban J connectivity index is 2.50. The van der Waals surface area contributed by atoms with Gasteiger partial charge in [-0.2, -0.15) is 0 Å². The van der Waals surface area contributed by atoms with Gasteiger partial charge in [-0.15, -0.1) is 0 Å². The number of aliphatic hydroxyl groups excluding tert-OH is 1. The number of fused-ring (bicyclic) bond motifs is 1. The van der Waals surface area contributed by atoms with E-state index in [2.05, 4.69) is 55.4 Å². The van der Waals surface area contributed by atoms with Gasteiger partial charge >= 0.3 is 17.1 Å². The molecule has 2 fully saturated rings. The Kier molecular flexibility index (Phi) is 7.73. The van der Waals surface area contributed by atoms with E-state index < -0.39 is 35.4 Å². The fourth-order valence-electron chi connectivity index (χ4n) is 4.68. The van der Waals surface area contributed by atoms with Gasteiger partial charge in [0.2, 0.25) is 0 Å². The Morgan fingerprint density at radius 3 is 1.89 bits per heavy atom. The van der Waals surface area contributed by atoms with Crippen LogP contribution >= 0.6 is 0 Å². The van der Waals surface area contributed by atoms with E-state index in [0.717, 1.165) is 0 Å². The first-order valence-electron chi connectivity index (χ1n) is 10.7. The number of hydrogen-bond donors (Lipinski definition) is 1. The number of hydrogen-bond acceptors (Lipinski definition) is 6. The van der Waals surface area contributed by atoms with Crippen LogP contribution in [0.25, 0.3) is 0 Å². The van der Waals surface area contributed by atoms with Gasteiger partial charge in [-0.25, -0.2) is 0 Å². The summed E-state index contributed by atoms with van der Waals surface area (Å²) >= 11 is 0. The zero-order chi connectivity index (χ0) is 21.4. The van der Waals surface area contributed by atoms with Crippen molar-refractivity contribution in [1.29, 1.82) is 0 Å². The van der Waals surface area contributed by atoms with E-state index >= 15 is 0 Å². The average molecular weight is 433 g/mol. The predicted octanol–water partition coefficient (Wildman–Crippen LogP) is 4.05. The maximum Gasteiger partial charge on any atom is 0.335 e.